The van der Waals surface area contributed by atoms with Crippen LogP contribution in [0.1, 0.15) is 10.4 Å². The van der Waals surface area contributed by atoms with Crippen molar-refractivity contribution in [2.24, 2.45) is 0 Å². The predicted octanol–water partition coefficient (Wildman–Crippen LogP) is 2.22. The SMILES string of the molecule is CS(=O)(=O)c1cccc(C(=O)N2CCN(C(=O)Nc3ccc(F)cc3)CC2)c1. The lowest BCUT2D eigenvalue weighted by atomic mass is 10.2. The van der Waals surface area contributed by atoms with Gasteiger partial charge in [0.25, 0.3) is 5.91 Å². The summed E-state index contributed by atoms with van der Waals surface area (Å²) in [6.07, 6.45) is 1.09. The number of urea groups is 1. The van der Waals surface area contributed by atoms with Crippen LogP contribution < -0.4 is 5.32 Å². The maximum absolute atomic E-state index is 12.9. The number of benzene rings is 2. The van der Waals surface area contributed by atoms with Gasteiger partial charge in [-0.1, -0.05) is 6.07 Å². The van der Waals surface area contributed by atoms with Gasteiger partial charge in [0.2, 0.25) is 0 Å². The molecule has 28 heavy (non-hydrogen) atoms. The van der Waals surface area contributed by atoms with Gasteiger partial charge in [0.1, 0.15) is 5.82 Å². The first-order chi connectivity index (χ1) is 13.2. The van der Waals surface area contributed by atoms with Crippen LogP contribution in [0.25, 0.3) is 0 Å². The van der Waals surface area contributed by atoms with Gasteiger partial charge in [-0.05, 0) is 42.5 Å². The van der Waals surface area contributed by atoms with Crippen molar-refractivity contribution >= 4 is 27.5 Å². The minimum absolute atomic E-state index is 0.0932. The number of piperazine rings is 1. The Kier molecular flexibility index (Phi) is 5.64. The van der Waals surface area contributed by atoms with Crippen LogP contribution in [0.4, 0.5) is 14.9 Å². The second-order valence-corrected chi connectivity index (χ2v) is 8.53. The fourth-order valence-electron chi connectivity index (χ4n) is 2.89. The van der Waals surface area contributed by atoms with Crippen molar-refractivity contribution in [1.29, 1.82) is 0 Å². The first-order valence-corrected chi connectivity index (χ1v) is 10.5. The van der Waals surface area contributed by atoms with Gasteiger partial charge in [-0.3, -0.25) is 4.79 Å². The third-order valence-electron chi connectivity index (χ3n) is 4.46. The van der Waals surface area contributed by atoms with Crippen LogP contribution in [-0.4, -0.2) is 62.6 Å². The summed E-state index contributed by atoms with van der Waals surface area (Å²) >= 11 is 0. The fourth-order valence-corrected chi connectivity index (χ4v) is 3.56. The van der Waals surface area contributed by atoms with Crippen LogP contribution in [0.5, 0.6) is 0 Å². The zero-order valence-corrected chi connectivity index (χ0v) is 16.1. The van der Waals surface area contributed by atoms with Crippen molar-refractivity contribution in [3.63, 3.8) is 0 Å². The number of amides is 3. The minimum Gasteiger partial charge on any atom is -0.335 e. The highest BCUT2D eigenvalue weighted by Gasteiger charge is 2.25. The van der Waals surface area contributed by atoms with E-state index >= 15 is 0 Å². The van der Waals surface area contributed by atoms with Crippen LogP contribution >= 0.6 is 0 Å². The van der Waals surface area contributed by atoms with E-state index in [1.807, 2.05) is 0 Å². The van der Waals surface area contributed by atoms with Crippen molar-refractivity contribution in [2.45, 2.75) is 4.90 Å². The molecule has 1 saturated heterocycles. The van der Waals surface area contributed by atoms with Crippen molar-refractivity contribution in [1.82, 2.24) is 9.80 Å². The monoisotopic (exact) mass is 405 g/mol. The molecule has 0 bridgehead atoms. The summed E-state index contributed by atoms with van der Waals surface area (Å²) in [4.78, 5) is 28.2. The minimum atomic E-state index is -3.40. The normalized spacial score (nSPS) is 14.6. The molecule has 0 aliphatic carbocycles. The Hall–Kier alpha value is -2.94. The van der Waals surface area contributed by atoms with E-state index in [1.165, 1.54) is 42.5 Å². The quantitative estimate of drug-likeness (QED) is 0.848. The van der Waals surface area contributed by atoms with Crippen LogP contribution in [0.3, 0.4) is 0 Å². The van der Waals surface area contributed by atoms with Crippen molar-refractivity contribution in [3.8, 4) is 0 Å². The van der Waals surface area contributed by atoms with Crippen molar-refractivity contribution < 1.29 is 22.4 Å². The molecule has 0 spiro atoms. The van der Waals surface area contributed by atoms with Gasteiger partial charge in [0, 0.05) is 43.7 Å². The molecule has 148 valence electrons. The number of nitrogens with zero attached hydrogens (tertiary/aromatic N) is 2. The number of hydrogen-bond donors (Lipinski definition) is 1. The highest BCUT2D eigenvalue weighted by atomic mass is 32.2. The highest BCUT2D eigenvalue weighted by molar-refractivity contribution is 7.90. The Morgan fingerprint density at radius 1 is 0.964 bits per heavy atom. The maximum Gasteiger partial charge on any atom is 0.321 e. The molecule has 3 amide bonds. The molecule has 1 fully saturated rings. The van der Waals surface area contributed by atoms with Gasteiger partial charge in [-0.2, -0.15) is 0 Å². The van der Waals surface area contributed by atoms with Gasteiger partial charge < -0.3 is 15.1 Å². The van der Waals surface area contributed by atoms with Gasteiger partial charge in [-0.15, -0.1) is 0 Å². The topological polar surface area (TPSA) is 86.8 Å². The third-order valence-corrected chi connectivity index (χ3v) is 5.57. The summed E-state index contributed by atoms with van der Waals surface area (Å²) in [5.74, 6) is -0.658. The van der Waals surface area contributed by atoms with E-state index in [0.29, 0.717) is 37.4 Å². The second kappa shape index (κ2) is 7.97. The average Bonchev–Trinajstić information content (AvgIpc) is 2.69. The van der Waals surface area contributed by atoms with Crippen LogP contribution in [0, 0.1) is 5.82 Å². The molecular weight excluding hydrogens is 385 g/mol. The molecular formula is C19H20FN3O4S. The summed E-state index contributed by atoms with van der Waals surface area (Å²) in [5, 5.41) is 2.69. The molecule has 9 heteroatoms. The van der Waals surface area contributed by atoms with Gasteiger partial charge in [0.15, 0.2) is 9.84 Å². The lowest BCUT2D eigenvalue weighted by Crippen LogP contribution is -2.51. The number of hydrogen-bond acceptors (Lipinski definition) is 4. The van der Waals surface area contributed by atoms with E-state index < -0.39 is 9.84 Å². The molecule has 3 rings (SSSR count). The van der Waals surface area contributed by atoms with E-state index in [2.05, 4.69) is 5.32 Å². The fraction of sp³-hybridized carbons (Fsp3) is 0.263. The van der Waals surface area contributed by atoms with Crippen molar-refractivity contribution in [3.05, 3.63) is 59.9 Å². The maximum atomic E-state index is 12.9. The molecule has 0 radical (unpaired) electrons. The standard InChI is InChI=1S/C19H20FN3O4S/c1-28(26,27)17-4-2-3-14(13-17)18(24)22-9-11-23(12-10-22)19(25)21-16-7-5-15(20)6-8-16/h2-8,13H,9-12H2,1H3,(H,21,25). The molecule has 1 aliphatic rings. The molecule has 1 N–H and O–H groups in total. The van der Waals surface area contributed by atoms with Gasteiger partial charge in [-0.25, -0.2) is 17.6 Å². The number of carbonyl (C=O) groups excluding carboxylic acids is 2. The van der Waals surface area contributed by atoms with E-state index in [1.54, 1.807) is 15.9 Å². The number of rotatable bonds is 3. The Bertz CT molecular complexity index is 984. The molecule has 2 aromatic rings. The van der Waals surface area contributed by atoms with E-state index in [9.17, 15) is 22.4 Å². The zero-order chi connectivity index (χ0) is 20.3. The van der Waals surface area contributed by atoms with Gasteiger partial charge in [0.05, 0.1) is 4.90 Å². The van der Waals surface area contributed by atoms with Crippen LogP contribution in [0.2, 0.25) is 0 Å². The number of halogens is 1. The summed E-state index contributed by atoms with van der Waals surface area (Å²) in [6.45, 7) is 1.34. The predicted molar refractivity (Wildman–Crippen MR) is 102 cm³/mol. The summed E-state index contributed by atoms with van der Waals surface area (Å²) in [7, 11) is -3.40. The lowest BCUT2D eigenvalue weighted by Gasteiger charge is -2.34. The largest absolute Gasteiger partial charge is 0.335 e. The summed E-state index contributed by atoms with van der Waals surface area (Å²) in [5.41, 5.74) is 0.787. The average molecular weight is 405 g/mol. The van der Waals surface area contributed by atoms with E-state index in [0.717, 1.165) is 6.26 Å². The summed E-state index contributed by atoms with van der Waals surface area (Å²) < 4.78 is 36.3. The molecule has 7 nitrogen and oxygen atoms in total. The Morgan fingerprint density at radius 2 is 1.57 bits per heavy atom. The molecule has 1 aliphatic heterocycles. The molecule has 2 aromatic carbocycles. The lowest BCUT2D eigenvalue weighted by molar-refractivity contribution is 0.0671. The third kappa shape index (κ3) is 4.66. The molecule has 0 atom stereocenters. The summed E-state index contributed by atoms with van der Waals surface area (Å²) in [6, 6.07) is 11.1. The molecule has 0 unspecified atom stereocenters. The number of anilines is 1. The van der Waals surface area contributed by atoms with Crippen LogP contribution in [0.15, 0.2) is 53.4 Å². The molecule has 0 saturated carbocycles. The first-order valence-electron chi connectivity index (χ1n) is 8.65. The van der Waals surface area contributed by atoms with Crippen molar-refractivity contribution in [2.75, 3.05) is 37.8 Å². The second-order valence-electron chi connectivity index (χ2n) is 6.52. The van der Waals surface area contributed by atoms with E-state index in [4.69, 9.17) is 0 Å². The number of nitrogens with one attached hydrogen (secondary N) is 1. The molecule has 1 heterocycles. The Morgan fingerprint density at radius 3 is 2.18 bits per heavy atom. The zero-order valence-electron chi connectivity index (χ0n) is 15.3. The smallest absolute Gasteiger partial charge is 0.321 e. The number of sulfone groups is 1. The van der Waals surface area contributed by atoms with E-state index in [-0.39, 0.29) is 22.7 Å². The highest BCUT2D eigenvalue weighted by Crippen LogP contribution is 2.15. The Balaban J connectivity index is 1.59. The Labute approximate surface area is 162 Å². The van der Waals surface area contributed by atoms with Gasteiger partial charge >= 0.3 is 6.03 Å². The molecule has 0 aromatic heterocycles. The first kappa shape index (κ1) is 19.8. The van der Waals surface area contributed by atoms with Crippen LogP contribution in [-0.2, 0) is 9.84 Å². The number of carbonyl (C=O) groups is 2.